The number of fused-ring (bicyclic) bond motifs is 5. The third-order valence-electron chi connectivity index (χ3n) is 15.0. The fourth-order valence-electron chi connectivity index (χ4n) is 12.1. The van der Waals surface area contributed by atoms with E-state index >= 15 is 0 Å². The van der Waals surface area contributed by atoms with E-state index in [1.165, 1.54) is 19.2 Å². The lowest BCUT2D eigenvalue weighted by atomic mass is 9.43. The average Bonchev–Trinajstić information content (AvgIpc) is 3.45. The van der Waals surface area contributed by atoms with Crippen LogP contribution in [-0.2, 0) is 39.3 Å². The van der Waals surface area contributed by atoms with Crippen LogP contribution >= 0.6 is 0 Å². The first-order valence-corrected chi connectivity index (χ1v) is 20.4. The number of hydrogen-bond acceptors (Lipinski definition) is 9. The van der Waals surface area contributed by atoms with E-state index in [0.29, 0.717) is 37.6 Å². The molecule has 13 atom stereocenters. The number of ether oxygens (including phenoxy) is 7. The highest BCUT2D eigenvalue weighted by atomic mass is 19.4. The van der Waals surface area contributed by atoms with Crippen molar-refractivity contribution in [2.24, 2.45) is 28.6 Å². The molecule has 12 heteroatoms. The van der Waals surface area contributed by atoms with Crippen LogP contribution in [0.15, 0.2) is 24.3 Å². The highest BCUT2D eigenvalue weighted by Crippen LogP contribution is 2.72. The Morgan fingerprint density at radius 2 is 1.48 bits per heavy atom. The Balaban J connectivity index is 1.22. The molecule has 0 spiro atoms. The minimum atomic E-state index is -4.37. The second kappa shape index (κ2) is 16.1. The molecule has 1 aliphatic heterocycles. The fraction of sp³-hybridized carbons (Fsp3) is 0.857. The summed E-state index contributed by atoms with van der Waals surface area (Å²) in [6.45, 7) is 13.5. The van der Waals surface area contributed by atoms with Crippen LogP contribution in [0.3, 0.4) is 0 Å². The van der Waals surface area contributed by atoms with E-state index in [0.717, 1.165) is 63.4 Å². The maximum absolute atomic E-state index is 13.5. The monoisotopic (exact) mass is 770 g/mol. The second-order valence-corrected chi connectivity index (χ2v) is 17.3. The molecule has 1 aromatic rings. The van der Waals surface area contributed by atoms with Gasteiger partial charge in [0.2, 0.25) is 0 Å². The molecule has 54 heavy (non-hydrogen) atoms. The van der Waals surface area contributed by atoms with E-state index in [-0.39, 0.29) is 42.9 Å². The summed E-state index contributed by atoms with van der Waals surface area (Å²) in [7, 11) is 1.47. The Bertz CT molecular complexity index is 1400. The molecule has 308 valence electrons. The lowest BCUT2D eigenvalue weighted by Gasteiger charge is -2.65. The minimum Gasteiger partial charge on any atom is -0.382 e. The molecule has 1 saturated heterocycles. The Hall–Kier alpha value is -1.35. The Morgan fingerprint density at radius 3 is 2.11 bits per heavy atom. The molecular weight excluding hydrogens is 705 g/mol. The zero-order valence-corrected chi connectivity index (χ0v) is 33.4. The number of halogens is 3. The summed E-state index contributed by atoms with van der Waals surface area (Å²) in [6.07, 6.45) is 0.751. The van der Waals surface area contributed by atoms with Crippen LogP contribution in [0.4, 0.5) is 13.2 Å². The molecule has 0 unspecified atom stereocenters. The van der Waals surface area contributed by atoms with Gasteiger partial charge in [-0.15, -0.1) is 0 Å². The molecule has 9 nitrogen and oxygen atoms in total. The van der Waals surface area contributed by atoms with Crippen molar-refractivity contribution in [3.63, 3.8) is 0 Å². The molecule has 6 rings (SSSR count). The number of alkyl halides is 3. The molecule has 4 saturated carbocycles. The summed E-state index contributed by atoms with van der Waals surface area (Å²) in [6, 6.07) is 5.82. The van der Waals surface area contributed by atoms with Gasteiger partial charge in [-0.2, -0.15) is 13.2 Å². The van der Waals surface area contributed by atoms with E-state index in [1.807, 2.05) is 20.8 Å². The van der Waals surface area contributed by atoms with E-state index in [1.54, 1.807) is 19.1 Å². The minimum absolute atomic E-state index is 0.0354. The van der Waals surface area contributed by atoms with E-state index < -0.39 is 47.0 Å². The molecular formula is C42H65F3O9. The van der Waals surface area contributed by atoms with Crippen molar-refractivity contribution >= 4 is 0 Å². The zero-order chi connectivity index (χ0) is 39.2. The molecule has 1 heterocycles. The maximum Gasteiger partial charge on any atom is 0.416 e. The van der Waals surface area contributed by atoms with Crippen molar-refractivity contribution in [2.45, 2.75) is 153 Å². The summed E-state index contributed by atoms with van der Waals surface area (Å²) in [5, 5.41) is 24.0. The average molecular weight is 771 g/mol. The van der Waals surface area contributed by atoms with Gasteiger partial charge in [0.1, 0.15) is 18.5 Å². The number of benzene rings is 1. The highest BCUT2D eigenvalue weighted by Gasteiger charge is 2.69. The van der Waals surface area contributed by atoms with Crippen LogP contribution < -0.4 is 0 Å². The third-order valence-corrected chi connectivity index (χ3v) is 15.0. The van der Waals surface area contributed by atoms with Crippen molar-refractivity contribution < 1.29 is 56.5 Å². The number of aliphatic hydroxyl groups is 2. The van der Waals surface area contributed by atoms with Gasteiger partial charge in [0.25, 0.3) is 0 Å². The van der Waals surface area contributed by atoms with Crippen LogP contribution in [0.25, 0.3) is 0 Å². The van der Waals surface area contributed by atoms with Gasteiger partial charge in [-0.1, -0.05) is 26.0 Å². The van der Waals surface area contributed by atoms with Crippen LogP contribution in [0.5, 0.6) is 0 Å². The van der Waals surface area contributed by atoms with E-state index in [2.05, 4.69) is 13.8 Å². The summed E-state index contributed by atoms with van der Waals surface area (Å²) >= 11 is 0. The number of rotatable bonds is 14. The molecule has 0 amide bonds. The normalized spacial score (nSPS) is 43.7. The van der Waals surface area contributed by atoms with Crippen LogP contribution in [0, 0.1) is 28.6 Å². The summed E-state index contributed by atoms with van der Waals surface area (Å²) in [5.41, 5.74) is -3.74. The molecule has 0 aromatic heterocycles. The first-order valence-electron chi connectivity index (χ1n) is 20.4. The van der Waals surface area contributed by atoms with Crippen LogP contribution in [0.2, 0.25) is 0 Å². The highest BCUT2D eigenvalue weighted by molar-refractivity contribution is 5.33. The first-order chi connectivity index (χ1) is 25.6. The molecule has 4 aliphatic carbocycles. The van der Waals surface area contributed by atoms with Gasteiger partial charge in [-0.3, -0.25) is 0 Å². The molecule has 0 radical (unpaired) electrons. The van der Waals surface area contributed by atoms with Gasteiger partial charge in [-0.25, -0.2) is 0 Å². The lowest BCUT2D eigenvalue weighted by molar-refractivity contribution is -0.386. The summed E-state index contributed by atoms with van der Waals surface area (Å²) in [5.74, 6) is 1.17. The first kappa shape index (κ1) is 42.3. The van der Waals surface area contributed by atoms with Gasteiger partial charge < -0.3 is 43.4 Å². The molecule has 0 bridgehead atoms. The van der Waals surface area contributed by atoms with Gasteiger partial charge in [-0.05, 0) is 132 Å². The lowest BCUT2D eigenvalue weighted by Crippen LogP contribution is -2.75. The molecule has 1 aromatic carbocycles. The Labute approximate surface area is 319 Å². The zero-order valence-electron chi connectivity index (χ0n) is 33.4. The van der Waals surface area contributed by atoms with Gasteiger partial charge in [0.05, 0.1) is 36.6 Å². The molecule has 5 aliphatic rings. The number of methoxy groups -OCH3 is 1. The summed E-state index contributed by atoms with van der Waals surface area (Å²) < 4.78 is 83.6. The quantitative estimate of drug-likeness (QED) is 0.112. The van der Waals surface area contributed by atoms with Gasteiger partial charge >= 0.3 is 6.18 Å². The smallest absolute Gasteiger partial charge is 0.382 e. The van der Waals surface area contributed by atoms with Crippen molar-refractivity contribution in [1.82, 2.24) is 0 Å². The summed E-state index contributed by atoms with van der Waals surface area (Å²) in [4.78, 5) is 0. The fourth-order valence-corrected chi connectivity index (χ4v) is 12.1. The van der Waals surface area contributed by atoms with Crippen LogP contribution in [0.1, 0.15) is 116 Å². The van der Waals surface area contributed by atoms with Crippen molar-refractivity contribution in [2.75, 3.05) is 46.9 Å². The predicted molar refractivity (Wildman–Crippen MR) is 196 cm³/mol. The van der Waals surface area contributed by atoms with Crippen molar-refractivity contribution in [3.05, 3.63) is 35.4 Å². The van der Waals surface area contributed by atoms with Gasteiger partial charge in [0.15, 0.2) is 11.9 Å². The Kier molecular flexibility index (Phi) is 12.6. The second-order valence-electron chi connectivity index (χ2n) is 17.3. The topological polar surface area (TPSA) is 105 Å². The van der Waals surface area contributed by atoms with Gasteiger partial charge in [0, 0.05) is 32.3 Å². The maximum atomic E-state index is 13.5. The molecule has 5 fully saturated rings. The third kappa shape index (κ3) is 7.10. The molecule has 2 N–H and O–H groups in total. The standard InChI is InChI=1S/C42H65F3O9/c1-8-49-24-39(46)27(4)53-36(40(47,25-50-9-2)35(39)48-7)54-31-17-20-37(5)30(23-31)15-16-34-33(37)18-21-38(6)32(19-22-41(34,38)52-26-51-10-3)28-11-13-29(14-12-28)42(43,44)45/h11-14,27,30-36,46-47H,8-10,15-26H2,1-7H3/t27-,30+,31-,32+,33-,34+,35+,36-,37-,38+,39-,40-,41-/m0/s1. The van der Waals surface area contributed by atoms with E-state index in [4.69, 9.17) is 33.2 Å². The van der Waals surface area contributed by atoms with Crippen LogP contribution in [-0.4, -0.2) is 98.6 Å². The van der Waals surface area contributed by atoms with Crippen molar-refractivity contribution in [1.29, 1.82) is 0 Å². The largest absolute Gasteiger partial charge is 0.416 e. The number of hydrogen-bond donors (Lipinski definition) is 2. The predicted octanol–water partition coefficient (Wildman–Crippen LogP) is 7.65. The van der Waals surface area contributed by atoms with Crippen molar-refractivity contribution in [3.8, 4) is 0 Å². The SMILES string of the molecule is CCOCO[C@]12CC[C@H](c3ccc(C(F)(F)F)cc3)[C@@]1(C)CC[C@H]1[C@H]2CC[C@@H]2C[C@@H](O[C@@H]3O[C@@H](C)[C@@](O)(COCC)[C@@H](OC)[C@@]3(O)COCC)CC[C@@]21C. The van der Waals surface area contributed by atoms with E-state index in [9.17, 15) is 23.4 Å². The Morgan fingerprint density at radius 1 is 0.815 bits per heavy atom.